The van der Waals surface area contributed by atoms with E-state index in [2.05, 4.69) is 15.6 Å². The number of nitrogens with zero attached hydrogens (tertiary/aromatic N) is 1. The van der Waals surface area contributed by atoms with E-state index < -0.39 is 0 Å². The van der Waals surface area contributed by atoms with Crippen LogP contribution in [0.4, 0.5) is 10.5 Å². The van der Waals surface area contributed by atoms with Crippen LogP contribution in [0, 0.1) is 0 Å². The van der Waals surface area contributed by atoms with Gasteiger partial charge in [-0.2, -0.15) is 0 Å². The number of carbonyl (C=O) groups excluding carboxylic acids is 1. The van der Waals surface area contributed by atoms with Gasteiger partial charge in [-0.15, -0.1) is 11.3 Å². The highest BCUT2D eigenvalue weighted by Crippen LogP contribution is 2.21. The Balaban J connectivity index is 2.30. The number of carbonyl (C=O) groups is 1. The minimum Gasteiger partial charge on any atom is -0.341 e. The standard InChI is InChI=1S/C9H9N3OS/c1-10-9(13)12-6-2-3-7-8(4-6)14-5-11-7/h2-5H,1H3,(H2,10,12,13). The van der Waals surface area contributed by atoms with Gasteiger partial charge in [0.2, 0.25) is 0 Å². The molecule has 2 amide bonds. The van der Waals surface area contributed by atoms with Gasteiger partial charge < -0.3 is 10.6 Å². The molecule has 0 atom stereocenters. The Labute approximate surface area is 85.0 Å². The van der Waals surface area contributed by atoms with E-state index in [9.17, 15) is 4.79 Å². The fourth-order valence-electron chi connectivity index (χ4n) is 1.13. The van der Waals surface area contributed by atoms with Crippen LogP contribution in [-0.2, 0) is 0 Å². The van der Waals surface area contributed by atoms with E-state index in [-0.39, 0.29) is 6.03 Å². The zero-order valence-electron chi connectivity index (χ0n) is 7.57. The largest absolute Gasteiger partial charge is 0.341 e. The highest BCUT2D eigenvalue weighted by Gasteiger charge is 2.01. The lowest BCUT2D eigenvalue weighted by Crippen LogP contribution is -2.24. The molecule has 4 nitrogen and oxygen atoms in total. The average molecular weight is 207 g/mol. The minimum absolute atomic E-state index is 0.214. The van der Waals surface area contributed by atoms with Gasteiger partial charge in [-0.1, -0.05) is 0 Å². The lowest BCUT2D eigenvalue weighted by Gasteiger charge is -2.03. The predicted octanol–water partition coefficient (Wildman–Crippen LogP) is 2.05. The molecular formula is C9H9N3OS. The number of anilines is 1. The van der Waals surface area contributed by atoms with E-state index in [0.29, 0.717) is 0 Å². The molecule has 14 heavy (non-hydrogen) atoms. The number of hydrogen-bond acceptors (Lipinski definition) is 3. The molecule has 0 unspecified atom stereocenters. The number of aromatic nitrogens is 1. The first-order valence-electron chi connectivity index (χ1n) is 4.11. The molecule has 0 aliphatic heterocycles. The van der Waals surface area contributed by atoms with Crippen LogP contribution in [0.5, 0.6) is 0 Å². The highest BCUT2D eigenvalue weighted by atomic mass is 32.1. The van der Waals surface area contributed by atoms with Crippen molar-refractivity contribution in [1.29, 1.82) is 0 Å². The van der Waals surface area contributed by atoms with Crippen molar-refractivity contribution in [3.63, 3.8) is 0 Å². The van der Waals surface area contributed by atoms with E-state index in [0.717, 1.165) is 15.9 Å². The Hall–Kier alpha value is -1.62. The molecule has 1 heterocycles. The molecule has 0 saturated carbocycles. The van der Waals surface area contributed by atoms with Crippen molar-refractivity contribution in [3.8, 4) is 0 Å². The number of nitrogens with one attached hydrogen (secondary N) is 2. The number of hydrogen-bond donors (Lipinski definition) is 2. The molecule has 0 fully saturated rings. The maximum atomic E-state index is 11.0. The van der Waals surface area contributed by atoms with Crippen molar-refractivity contribution in [2.24, 2.45) is 0 Å². The van der Waals surface area contributed by atoms with Crippen LogP contribution >= 0.6 is 11.3 Å². The summed E-state index contributed by atoms with van der Waals surface area (Å²) in [6, 6.07) is 5.41. The van der Waals surface area contributed by atoms with Crippen molar-refractivity contribution >= 4 is 33.3 Å². The van der Waals surface area contributed by atoms with Gasteiger partial charge in [-0.05, 0) is 18.2 Å². The van der Waals surface area contributed by atoms with Crippen LogP contribution in [0.15, 0.2) is 23.7 Å². The number of fused-ring (bicyclic) bond motifs is 1. The third-order valence-corrected chi connectivity index (χ3v) is 2.61. The van der Waals surface area contributed by atoms with Crippen molar-refractivity contribution in [2.75, 3.05) is 12.4 Å². The number of thiazole rings is 1. The van der Waals surface area contributed by atoms with Crippen LogP contribution in [0.1, 0.15) is 0 Å². The van der Waals surface area contributed by atoms with Gasteiger partial charge in [0.05, 0.1) is 15.7 Å². The van der Waals surface area contributed by atoms with Gasteiger partial charge in [-0.3, -0.25) is 0 Å². The Morgan fingerprint density at radius 2 is 2.36 bits per heavy atom. The number of urea groups is 1. The average Bonchev–Trinajstić information content (AvgIpc) is 2.64. The molecule has 72 valence electrons. The SMILES string of the molecule is CNC(=O)Nc1ccc2ncsc2c1. The minimum atomic E-state index is -0.214. The molecule has 1 aromatic heterocycles. The van der Waals surface area contributed by atoms with Gasteiger partial charge in [0.1, 0.15) is 0 Å². The first kappa shape index (κ1) is 8.96. The van der Waals surface area contributed by atoms with Gasteiger partial charge in [0.25, 0.3) is 0 Å². The maximum Gasteiger partial charge on any atom is 0.318 e. The zero-order chi connectivity index (χ0) is 9.97. The fraction of sp³-hybridized carbons (Fsp3) is 0.111. The predicted molar refractivity (Wildman–Crippen MR) is 57.7 cm³/mol. The molecule has 0 aliphatic carbocycles. The van der Waals surface area contributed by atoms with E-state index in [1.165, 1.54) is 0 Å². The Morgan fingerprint density at radius 3 is 3.14 bits per heavy atom. The quantitative estimate of drug-likeness (QED) is 0.752. The van der Waals surface area contributed by atoms with Gasteiger partial charge in [0, 0.05) is 12.7 Å². The molecule has 2 rings (SSSR count). The number of benzene rings is 1. The number of amides is 2. The molecule has 0 spiro atoms. The third kappa shape index (κ3) is 1.67. The summed E-state index contributed by atoms with van der Waals surface area (Å²) in [5, 5.41) is 5.20. The van der Waals surface area contributed by atoms with Crippen molar-refractivity contribution in [2.45, 2.75) is 0 Å². The lowest BCUT2D eigenvalue weighted by molar-refractivity contribution is 0.254. The molecule has 0 radical (unpaired) electrons. The summed E-state index contributed by atoms with van der Waals surface area (Å²) in [5.41, 5.74) is 3.52. The first-order chi connectivity index (χ1) is 6.79. The third-order valence-electron chi connectivity index (χ3n) is 1.82. The Morgan fingerprint density at radius 1 is 1.50 bits per heavy atom. The Kier molecular flexibility index (Phi) is 2.32. The van der Waals surface area contributed by atoms with Crippen LogP contribution in [0.2, 0.25) is 0 Å². The second-order valence-electron chi connectivity index (χ2n) is 2.74. The molecule has 5 heteroatoms. The zero-order valence-corrected chi connectivity index (χ0v) is 8.39. The highest BCUT2D eigenvalue weighted by molar-refractivity contribution is 7.16. The summed E-state index contributed by atoms with van der Waals surface area (Å²) in [5.74, 6) is 0. The lowest BCUT2D eigenvalue weighted by atomic mass is 10.3. The van der Waals surface area contributed by atoms with Crippen LogP contribution < -0.4 is 10.6 Å². The normalized spacial score (nSPS) is 10.1. The summed E-state index contributed by atoms with van der Waals surface area (Å²) in [6.07, 6.45) is 0. The first-order valence-corrected chi connectivity index (χ1v) is 4.99. The van der Waals surface area contributed by atoms with E-state index >= 15 is 0 Å². The molecule has 0 bridgehead atoms. The monoisotopic (exact) mass is 207 g/mol. The molecule has 0 aliphatic rings. The molecule has 0 saturated heterocycles. The maximum absolute atomic E-state index is 11.0. The molecule has 2 N–H and O–H groups in total. The smallest absolute Gasteiger partial charge is 0.318 e. The van der Waals surface area contributed by atoms with Gasteiger partial charge in [0.15, 0.2) is 0 Å². The summed E-state index contributed by atoms with van der Waals surface area (Å²) in [7, 11) is 1.58. The second-order valence-corrected chi connectivity index (χ2v) is 3.63. The van der Waals surface area contributed by atoms with Crippen LogP contribution in [-0.4, -0.2) is 18.1 Å². The van der Waals surface area contributed by atoms with E-state index in [1.54, 1.807) is 23.9 Å². The topological polar surface area (TPSA) is 54.0 Å². The summed E-state index contributed by atoms with van der Waals surface area (Å²) in [6.45, 7) is 0. The Bertz CT molecular complexity index is 466. The summed E-state index contributed by atoms with van der Waals surface area (Å²) in [4.78, 5) is 15.2. The summed E-state index contributed by atoms with van der Waals surface area (Å²) < 4.78 is 1.07. The second kappa shape index (κ2) is 3.63. The molecular weight excluding hydrogens is 198 g/mol. The van der Waals surface area contributed by atoms with Gasteiger partial charge >= 0.3 is 6.03 Å². The molecule has 1 aromatic carbocycles. The van der Waals surface area contributed by atoms with Crippen LogP contribution in [0.3, 0.4) is 0 Å². The fourth-order valence-corrected chi connectivity index (χ4v) is 1.84. The van der Waals surface area contributed by atoms with Crippen molar-refractivity contribution in [1.82, 2.24) is 10.3 Å². The van der Waals surface area contributed by atoms with Gasteiger partial charge in [-0.25, -0.2) is 9.78 Å². The van der Waals surface area contributed by atoms with E-state index in [4.69, 9.17) is 0 Å². The van der Waals surface area contributed by atoms with Crippen molar-refractivity contribution < 1.29 is 4.79 Å². The molecule has 2 aromatic rings. The van der Waals surface area contributed by atoms with Crippen LogP contribution in [0.25, 0.3) is 10.2 Å². The van der Waals surface area contributed by atoms with E-state index in [1.807, 2.05) is 18.2 Å². The van der Waals surface area contributed by atoms with Crippen molar-refractivity contribution in [3.05, 3.63) is 23.7 Å². The number of rotatable bonds is 1. The summed E-state index contributed by atoms with van der Waals surface area (Å²) >= 11 is 1.55.